The third-order valence-electron chi connectivity index (χ3n) is 3.49. The van der Waals surface area contributed by atoms with E-state index in [1.54, 1.807) is 23.7 Å². The minimum atomic E-state index is -0.527. The molecule has 0 saturated carbocycles. The Morgan fingerprint density at radius 2 is 1.92 bits per heavy atom. The zero-order valence-electron chi connectivity index (χ0n) is 12.8. The largest absolute Gasteiger partial charge is 0.493 e. The molecule has 0 atom stereocenters. The van der Waals surface area contributed by atoms with Gasteiger partial charge in [-0.2, -0.15) is 0 Å². The maximum Gasteiger partial charge on any atom is 0.302 e. The molecule has 0 aliphatic rings. The van der Waals surface area contributed by atoms with Gasteiger partial charge in [0.15, 0.2) is 12.3 Å². The number of rotatable bonds is 4. The summed E-state index contributed by atoms with van der Waals surface area (Å²) in [5, 5.41) is 18.4. The summed E-state index contributed by atoms with van der Waals surface area (Å²) in [6.45, 7) is -0.213. The van der Waals surface area contributed by atoms with E-state index in [-0.39, 0.29) is 18.2 Å². The Bertz CT molecular complexity index is 917. The van der Waals surface area contributed by atoms with Crippen molar-refractivity contribution in [3.05, 3.63) is 52.1 Å². The number of hydrogen-bond donors (Lipinski definition) is 1. The number of para-hydroxylation sites is 1. The van der Waals surface area contributed by atoms with E-state index in [0.29, 0.717) is 5.75 Å². The molecule has 2 aromatic carbocycles. The summed E-state index contributed by atoms with van der Waals surface area (Å²) in [7, 11) is 1.72. The van der Waals surface area contributed by atoms with Crippen LogP contribution in [0, 0.1) is 3.57 Å². The molecule has 1 heterocycles. The van der Waals surface area contributed by atoms with Crippen LogP contribution in [-0.2, 0) is 11.8 Å². The zero-order chi connectivity index (χ0) is 17.1. The fourth-order valence-electron chi connectivity index (χ4n) is 2.27. The van der Waals surface area contributed by atoms with Crippen LogP contribution in [0.1, 0.15) is 0 Å². The number of azo groups is 1. The van der Waals surface area contributed by atoms with E-state index in [1.165, 1.54) is 0 Å². The maximum absolute atomic E-state index is 11.8. The summed E-state index contributed by atoms with van der Waals surface area (Å²) >= 11 is 2.19. The number of carbonyl (C=O) groups excluding carboxylic acids is 1. The molecule has 0 unspecified atom stereocenters. The van der Waals surface area contributed by atoms with Crippen LogP contribution in [0.15, 0.2) is 58.8 Å². The van der Waals surface area contributed by atoms with Crippen LogP contribution in [0.3, 0.4) is 0 Å². The van der Waals surface area contributed by atoms with Crippen molar-refractivity contribution in [2.24, 2.45) is 17.3 Å². The summed E-state index contributed by atoms with van der Waals surface area (Å²) < 4.78 is 8.03. The first-order chi connectivity index (χ1) is 11.6. The van der Waals surface area contributed by atoms with Gasteiger partial charge < -0.3 is 14.4 Å². The van der Waals surface area contributed by atoms with Gasteiger partial charge in [0.1, 0.15) is 5.75 Å². The number of aromatic nitrogens is 1. The Labute approximate surface area is 151 Å². The summed E-state index contributed by atoms with van der Waals surface area (Å²) in [5.41, 5.74) is 1.09. The van der Waals surface area contributed by atoms with Crippen LogP contribution < -0.4 is 4.74 Å². The SMILES string of the molecule is Cn1c(O)c(N=NC(=O)COc2ccc(I)cc2)c2ccccc21. The smallest absolute Gasteiger partial charge is 0.302 e. The second-order valence-corrected chi connectivity index (χ2v) is 6.33. The van der Waals surface area contributed by atoms with Gasteiger partial charge in [0.2, 0.25) is 5.88 Å². The summed E-state index contributed by atoms with van der Waals surface area (Å²) in [5.74, 6) is 0.0270. The van der Waals surface area contributed by atoms with Gasteiger partial charge >= 0.3 is 5.91 Å². The highest BCUT2D eigenvalue weighted by Crippen LogP contribution is 2.37. The third kappa shape index (κ3) is 3.40. The first-order valence-electron chi connectivity index (χ1n) is 7.15. The van der Waals surface area contributed by atoms with Gasteiger partial charge in [-0.15, -0.1) is 10.2 Å². The average molecular weight is 435 g/mol. The zero-order valence-corrected chi connectivity index (χ0v) is 15.0. The third-order valence-corrected chi connectivity index (χ3v) is 4.21. The molecule has 1 amide bonds. The molecular weight excluding hydrogens is 421 g/mol. The van der Waals surface area contributed by atoms with Gasteiger partial charge in [0, 0.05) is 16.0 Å². The van der Waals surface area contributed by atoms with Gasteiger partial charge in [0.25, 0.3) is 0 Å². The second kappa shape index (κ2) is 7.00. The van der Waals surface area contributed by atoms with Crippen molar-refractivity contribution in [2.45, 2.75) is 0 Å². The van der Waals surface area contributed by atoms with Gasteiger partial charge in [-0.3, -0.25) is 4.79 Å². The summed E-state index contributed by atoms with van der Waals surface area (Å²) in [6.07, 6.45) is 0. The number of aromatic hydroxyl groups is 1. The minimum Gasteiger partial charge on any atom is -0.493 e. The predicted octanol–water partition coefficient (Wildman–Crippen LogP) is 4.18. The van der Waals surface area contributed by atoms with Crippen molar-refractivity contribution in [1.29, 1.82) is 0 Å². The lowest BCUT2D eigenvalue weighted by Crippen LogP contribution is -2.07. The highest BCUT2D eigenvalue weighted by Gasteiger charge is 2.14. The van der Waals surface area contributed by atoms with E-state index in [0.717, 1.165) is 14.5 Å². The van der Waals surface area contributed by atoms with E-state index in [2.05, 4.69) is 32.8 Å². The molecule has 1 aromatic heterocycles. The number of carbonyl (C=O) groups is 1. The molecule has 6 nitrogen and oxygen atoms in total. The Kier molecular flexibility index (Phi) is 4.79. The second-order valence-electron chi connectivity index (χ2n) is 5.08. The molecule has 3 rings (SSSR count). The highest BCUT2D eigenvalue weighted by atomic mass is 127. The molecule has 24 heavy (non-hydrogen) atoms. The lowest BCUT2D eigenvalue weighted by molar-refractivity contribution is -0.120. The topological polar surface area (TPSA) is 76.2 Å². The van der Waals surface area contributed by atoms with E-state index in [1.807, 2.05) is 36.4 Å². The molecule has 0 bridgehead atoms. The number of halogens is 1. The van der Waals surface area contributed by atoms with E-state index >= 15 is 0 Å². The van der Waals surface area contributed by atoms with E-state index in [9.17, 15) is 9.90 Å². The lowest BCUT2D eigenvalue weighted by atomic mass is 10.2. The van der Waals surface area contributed by atoms with Crippen LogP contribution in [0.25, 0.3) is 10.9 Å². The van der Waals surface area contributed by atoms with Crippen LogP contribution in [-0.4, -0.2) is 22.2 Å². The molecule has 0 aliphatic heterocycles. The highest BCUT2D eigenvalue weighted by molar-refractivity contribution is 14.1. The minimum absolute atomic E-state index is 0.0358. The molecule has 7 heteroatoms. The lowest BCUT2D eigenvalue weighted by Gasteiger charge is -2.02. The van der Waals surface area contributed by atoms with Crippen LogP contribution in [0.2, 0.25) is 0 Å². The summed E-state index contributed by atoms with van der Waals surface area (Å²) in [4.78, 5) is 11.8. The number of amides is 1. The molecule has 1 N–H and O–H groups in total. The molecular formula is C17H14IN3O3. The molecule has 3 aromatic rings. The summed E-state index contributed by atoms with van der Waals surface area (Å²) in [6, 6.07) is 14.7. The molecule has 0 spiro atoms. The Balaban J connectivity index is 1.72. The van der Waals surface area contributed by atoms with E-state index < -0.39 is 5.91 Å². The maximum atomic E-state index is 11.8. The Morgan fingerprint density at radius 3 is 2.67 bits per heavy atom. The molecule has 0 saturated heterocycles. The average Bonchev–Trinajstić information content (AvgIpc) is 2.84. The molecule has 0 radical (unpaired) electrons. The first-order valence-corrected chi connectivity index (χ1v) is 8.23. The predicted molar refractivity (Wildman–Crippen MR) is 98.8 cm³/mol. The van der Waals surface area contributed by atoms with Gasteiger partial charge in [0.05, 0.1) is 5.52 Å². The number of hydrogen-bond acceptors (Lipinski definition) is 4. The molecule has 122 valence electrons. The van der Waals surface area contributed by atoms with Crippen molar-refractivity contribution >= 4 is 45.1 Å². The van der Waals surface area contributed by atoms with Crippen molar-refractivity contribution in [2.75, 3.05) is 6.61 Å². The fourth-order valence-corrected chi connectivity index (χ4v) is 2.63. The van der Waals surface area contributed by atoms with Gasteiger partial charge in [-0.25, -0.2) is 0 Å². The number of aryl methyl sites for hydroxylation is 1. The van der Waals surface area contributed by atoms with Crippen molar-refractivity contribution in [1.82, 2.24) is 4.57 Å². The normalized spacial score (nSPS) is 11.2. The molecule has 0 aliphatic carbocycles. The Morgan fingerprint density at radius 1 is 1.21 bits per heavy atom. The van der Waals surface area contributed by atoms with Gasteiger partial charge in [-0.1, -0.05) is 18.2 Å². The fraction of sp³-hybridized carbons (Fsp3) is 0.118. The number of nitrogens with zero attached hydrogens (tertiary/aromatic N) is 3. The van der Waals surface area contributed by atoms with Crippen LogP contribution in [0.4, 0.5) is 5.69 Å². The van der Waals surface area contributed by atoms with Crippen molar-refractivity contribution < 1.29 is 14.6 Å². The van der Waals surface area contributed by atoms with Crippen LogP contribution in [0.5, 0.6) is 11.6 Å². The number of benzene rings is 2. The van der Waals surface area contributed by atoms with Crippen molar-refractivity contribution in [3.8, 4) is 11.6 Å². The van der Waals surface area contributed by atoms with Crippen molar-refractivity contribution in [3.63, 3.8) is 0 Å². The Hall–Kier alpha value is -2.42. The standard InChI is InChI=1S/C17H14IN3O3/c1-21-14-5-3-2-4-13(14)16(17(21)23)20-19-15(22)10-24-12-8-6-11(18)7-9-12/h2-9,23H,10H2,1H3. The van der Waals surface area contributed by atoms with E-state index in [4.69, 9.17) is 4.74 Å². The van der Waals surface area contributed by atoms with Crippen LogP contribution >= 0.6 is 22.6 Å². The van der Waals surface area contributed by atoms with Gasteiger partial charge in [-0.05, 0) is 52.9 Å². The monoisotopic (exact) mass is 435 g/mol. The number of ether oxygens (including phenoxy) is 1. The first kappa shape index (κ1) is 16.4. The number of fused-ring (bicyclic) bond motifs is 1. The quantitative estimate of drug-likeness (QED) is 0.494. The molecule has 0 fully saturated rings.